The SMILES string of the molecule is Oc1cc2c(c(O)c1O)C(O)C=C(c1ccccc1)O2. The molecule has 5 nitrogen and oxygen atoms in total. The first-order chi connectivity index (χ1) is 9.58. The average Bonchev–Trinajstić information content (AvgIpc) is 2.45. The van der Waals surface area contributed by atoms with E-state index in [0.717, 1.165) is 11.6 Å². The predicted octanol–water partition coefficient (Wildman–Crippen LogP) is 2.27. The molecule has 0 aliphatic carbocycles. The van der Waals surface area contributed by atoms with Crippen molar-refractivity contribution in [3.63, 3.8) is 0 Å². The minimum atomic E-state index is -1.14. The largest absolute Gasteiger partial charge is 0.504 e. The van der Waals surface area contributed by atoms with E-state index in [0.29, 0.717) is 5.76 Å². The van der Waals surface area contributed by atoms with Crippen LogP contribution in [0.25, 0.3) is 5.76 Å². The molecular weight excluding hydrogens is 260 g/mol. The topological polar surface area (TPSA) is 90.2 Å². The lowest BCUT2D eigenvalue weighted by Gasteiger charge is -2.23. The molecular formula is C15H12O5. The molecule has 0 saturated heterocycles. The summed E-state index contributed by atoms with van der Waals surface area (Å²) in [5.74, 6) is -1.26. The molecule has 0 saturated carbocycles. The molecule has 0 spiro atoms. The maximum Gasteiger partial charge on any atom is 0.200 e. The molecule has 20 heavy (non-hydrogen) atoms. The molecule has 3 rings (SSSR count). The van der Waals surface area contributed by atoms with Crippen molar-refractivity contribution in [1.82, 2.24) is 0 Å². The monoisotopic (exact) mass is 272 g/mol. The molecule has 2 aromatic carbocycles. The Kier molecular flexibility index (Phi) is 2.76. The third-order valence-corrected chi connectivity index (χ3v) is 3.14. The smallest absolute Gasteiger partial charge is 0.200 e. The third-order valence-electron chi connectivity index (χ3n) is 3.14. The Balaban J connectivity index is 2.10. The van der Waals surface area contributed by atoms with Crippen LogP contribution in [0, 0.1) is 0 Å². The zero-order valence-electron chi connectivity index (χ0n) is 10.3. The number of hydrogen-bond donors (Lipinski definition) is 4. The standard InChI is InChI=1S/C15H12O5/c16-9-6-11(8-4-2-1-3-5-8)20-12-7-10(17)14(18)15(19)13(9)12/h1-7,9,16-19H. The Hall–Kier alpha value is -2.66. The summed E-state index contributed by atoms with van der Waals surface area (Å²) in [6.45, 7) is 0. The number of aliphatic hydroxyl groups excluding tert-OH is 1. The molecule has 102 valence electrons. The average molecular weight is 272 g/mol. The second kappa shape index (κ2) is 4.47. The quantitative estimate of drug-likeness (QED) is 0.598. The molecule has 1 aliphatic rings. The van der Waals surface area contributed by atoms with Gasteiger partial charge in [0, 0.05) is 11.6 Å². The molecule has 0 fully saturated rings. The van der Waals surface area contributed by atoms with Crippen LogP contribution in [0.4, 0.5) is 0 Å². The number of aliphatic hydroxyl groups is 1. The van der Waals surface area contributed by atoms with Gasteiger partial charge in [0.05, 0.1) is 5.56 Å². The number of rotatable bonds is 1. The van der Waals surface area contributed by atoms with E-state index < -0.39 is 23.4 Å². The van der Waals surface area contributed by atoms with E-state index in [4.69, 9.17) is 4.74 Å². The van der Waals surface area contributed by atoms with Gasteiger partial charge in [0.15, 0.2) is 11.5 Å². The molecule has 1 aliphatic heterocycles. The number of ether oxygens (including phenoxy) is 1. The summed E-state index contributed by atoms with van der Waals surface area (Å²) >= 11 is 0. The van der Waals surface area contributed by atoms with Crippen LogP contribution < -0.4 is 4.74 Å². The van der Waals surface area contributed by atoms with Crippen LogP contribution in [-0.4, -0.2) is 20.4 Å². The van der Waals surface area contributed by atoms with Crippen molar-refractivity contribution in [3.05, 3.63) is 53.6 Å². The summed E-state index contributed by atoms with van der Waals surface area (Å²) in [4.78, 5) is 0. The first-order valence-electron chi connectivity index (χ1n) is 5.99. The van der Waals surface area contributed by atoms with Gasteiger partial charge in [-0.25, -0.2) is 0 Å². The van der Waals surface area contributed by atoms with E-state index in [2.05, 4.69) is 0 Å². The van der Waals surface area contributed by atoms with Crippen LogP contribution in [0.1, 0.15) is 17.2 Å². The highest BCUT2D eigenvalue weighted by Gasteiger charge is 2.28. The van der Waals surface area contributed by atoms with Crippen LogP contribution in [-0.2, 0) is 0 Å². The van der Waals surface area contributed by atoms with Crippen molar-refractivity contribution in [2.24, 2.45) is 0 Å². The van der Waals surface area contributed by atoms with E-state index in [1.807, 2.05) is 30.3 Å². The first kappa shape index (κ1) is 12.4. The second-order valence-corrected chi connectivity index (χ2v) is 4.45. The van der Waals surface area contributed by atoms with Gasteiger partial charge >= 0.3 is 0 Å². The number of phenols is 3. The molecule has 4 N–H and O–H groups in total. The Morgan fingerprint density at radius 1 is 0.950 bits per heavy atom. The first-order valence-corrected chi connectivity index (χ1v) is 5.99. The van der Waals surface area contributed by atoms with E-state index in [1.54, 1.807) is 0 Å². The summed E-state index contributed by atoms with van der Waals surface area (Å²) in [6.07, 6.45) is 0.286. The lowest BCUT2D eigenvalue weighted by atomic mass is 10.0. The Morgan fingerprint density at radius 2 is 1.65 bits per heavy atom. The molecule has 0 bridgehead atoms. The lowest BCUT2D eigenvalue weighted by molar-refractivity contribution is 0.209. The fraction of sp³-hybridized carbons (Fsp3) is 0.0667. The van der Waals surface area contributed by atoms with Crippen molar-refractivity contribution >= 4 is 5.76 Å². The van der Waals surface area contributed by atoms with Crippen LogP contribution >= 0.6 is 0 Å². The molecule has 5 heteroatoms. The highest BCUT2D eigenvalue weighted by Crippen LogP contribution is 2.49. The summed E-state index contributed by atoms with van der Waals surface area (Å²) in [5, 5.41) is 38.8. The highest BCUT2D eigenvalue weighted by atomic mass is 16.5. The normalized spacial score (nSPS) is 17.1. The molecule has 1 atom stereocenters. The fourth-order valence-electron chi connectivity index (χ4n) is 2.14. The maximum atomic E-state index is 10.1. The van der Waals surface area contributed by atoms with Gasteiger partial charge in [0.2, 0.25) is 5.75 Å². The van der Waals surface area contributed by atoms with Gasteiger partial charge in [-0.15, -0.1) is 0 Å². The number of aromatic hydroxyl groups is 3. The lowest BCUT2D eigenvalue weighted by Crippen LogP contribution is -2.09. The minimum Gasteiger partial charge on any atom is -0.504 e. The van der Waals surface area contributed by atoms with Crippen molar-refractivity contribution in [3.8, 4) is 23.0 Å². The van der Waals surface area contributed by atoms with E-state index in [9.17, 15) is 20.4 Å². The zero-order valence-corrected chi connectivity index (χ0v) is 10.3. The van der Waals surface area contributed by atoms with Gasteiger partial charge in [-0.2, -0.15) is 0 Å². The minimum absolute atomic E-state index is 0.0278. The zero-order chi connectivity index (χ0) is 14.3. The van der Waals surface area contributed by atoms with Gasteiger partial charge in [-0.3, -0.25) is 0 Å². The Morgan fingerprint density at radius 3 is 2.35 bits per heavy atom. The van der Waals surface area contributed by atoms with E-state index in [-0.39, 0.29) is 11.3 Å². The van der Waals surface area contributed by atoms with Gasteiger partial charge in [-0.1, -0.05) is 30.3 Å². The second-order valence-electron chi connectivity index (χ2n) is 4.45. The molecule has 0 aromatic heterocycles. The summed E-state index contributed by atoms with van der Waals surface area (Å²) < 4.78 is 5.58. The van der Waals surface area contributed by atoms with E-state index in [1.165, 1.54) is 6.08 Å². The fourth-order valence-corrected chi connectivity index (χ4v) is 2.14. The van der Waals surface area contributed by atoms with Gasteiger partial charge in [-0.05, 0) is 6.08 Å². The number of phenolic OH excluding ortho intramolecular Hbond substituents is 3. The summed E-state index contributed by atoms with van der Waals surface area (Å²) in [6, 6.07) is 10.3. The molecule has 2 aromatic rings. The van der Waals surface area contributed by atoms with Crippen molar-refractivity contribution < 1.29 is 25.2 Å². The van der Waals surface area contributed by atoms with Crippen molar-refractivity contribution in [2.75, 3.05) is 0 Å². The Bertz CT molecular complexity index is 691. The van der Waals surface area contributed by atoms with Crippen molar-refractivity contribution in [2.45, 2.75) is 6.10 Å². The van der Waals surface area contributed by atoms with Gasteiger partial charge in [0.1, 0.15) is 17.6 Å². The number of hydrogen-bond acceptors (Lipinski definition) is 5. The van der Waals surface area contributed by atoms with Crippen LogP contribution in [0.3, 0.4) is 0 Å². The van der Waals surface area contributed by atoms with Crippen LogP contribution in [0.5, 0.6) is 23.0 Å². The third kappa shape index (κ3) is 1.85. The molecule has 0 radical (unpaired) electrons. The predicted molar refractivity (Wildman–Crippen MR) is 71.4 cm³/mol. The highest BCUT2D eigenvalue weighted by molar-refractivity contribution is 5.70. The van der Waals surface area contributed by atoms with Crippen LogP contribution in [0.2, 0.25) is 0 Å². The molecule has 1 heterocycles. The van der Waals surface area contributed by atoms with E-state index >= 15 is 0 Å². The summed E-state index contributed by atoms with van der Waals surface area (Å²) in [5.41, 5.74) is 0.782. The Labute approximate surface area is 114 Å². The number of benzene rings is 2. The van der Waals surface area contributed by atoms with Gasteiger partial charge < -0.3 is 25.2 Å². The van der Waals surface area contributed by atoms with Crippen LogP contribution in [0.15, 0.2) is 42.5 Å². The molecule has 0 amide bonds. The van der Waals surface area contributed by atoms with Gasteiger partial charge in [0.25, 0.3) is 0 Å². The maximum absolute atomic E-state index is 10.1. The van der Waals surface area contributed by atoms with Crippen molar-refractivity contribution in [1.29, 1.82) is 0 Å². The molecule has 1 unspecified atom stereocenters. The number of fused-ring (bicyclic) bond motifs is 1. The summed E-state index contributed by atoms with van der Waals surface area (Å²) in [7, 11) is 0.